The largest absolute Gasteiger partial charge is 0.627 e. The topological polar surface area (TPSA) is 63.5 Å². The minimum absolute atomic E-state index is 0.0593. The van der Waals surface area contributed by atoms with Gasteiger partial charge in [-0.05, 0) is 6.07 Å². The third-order valence-electron chi connectivity index (χ3n) is 2.80. The van der Waals surface area contributed by atoms with E-state index in [9.17, 15) is 15.4 Å². The Bertz CT molecular complexity index is 538. The maximum Gasteiger partial charge on any atom is 0.181 e. The van der Waals surface area contributed by atoms with Crippen LogP contribution < -0.4 is 4.65 Å². The van der Waals surface area contributed by atoms with E-state index in [1.807, 2.05) is 30.3 Å². The Hall–Kier alpha value is -2.04. The predicted octanol–water partition coefficient (Wildman–Crippen LogP) is 2.73. The van der Waals surface area contributed by atoms with Gasteiger partial charge in [-0.2, -0.15) is 0 Å². The summed E-state index contributed by atoms with van der Waals surface area (Å²) in [7, 11) is 1.47. The van der Waals surface area contributed by atoms with Gasteiger partial charge in [0, 0.05) is 17.7 Å². The Morgan fingerprint density at radius 2 is 1.72 bits per heavy atom. The number of phenols is 2. The van der Waals surface area contributed by atoms with E-state index in [-0.39, 0.29) is 23.7 Å². The molecule has 4 nitrogen and oxygen atoms in total. The maximum atomic E-state index is 12.5. The summed E-state index contributed by atoms with van der Waals surface area (Å²) in [4.78, 5) is 0. The van der Waals surface area contributed by atoms with Gasteiger partial charge in [0.15, 0.2) is 11.4 Å². The van der Waals surface area contributed by atoms with Gasteiger partial charge in [-0.25, -0.2) is 0 Å². The molecule has 2 aromatic rings. The Labute approximate surface area is 106 Å². The summed E-state index contributed by atoms with van der Waals surface area (Å²) < 4.78 is -0.726. The molecule has 2 aromatic carbocycles. The predicted molar refractivity (Wildman–Crippen MR) is 71.0 cm³/mol. The van der Waals surface area contributed by atoms with E-state index < -0.39 is 4.65 Å². The number of phenolic OH excluding ortho intramolecular Hbond substituents is 2. The smallest absolute Gasteiger partial charge is 0.181 e. The summed E-state index contributed by atoms with van der Waals surface area (Å²) in [6.07, 6.45) is 0. The van der Waals surface area contributed by atoms with Crippen molar-refractivity contribution in [3.05, 3.63) is 59.3 Å². The van der Waals surface area contributed by atoms with Gasteiger partial charge >= 0.3 is 0 Å². The summed E-state index contributed by atoms with van der Waals surface area (Å²) >= 11 is 0. The first-order valence-corrected chi connectivity index (χ1v) is 5.62. The quantitative estimate of drug-likeness (QED) is 0.645. The summed E-state index contributed by atoms with van der Waals surface area (Å²) in [5.74, 6) is -0.251. The fourth-order valence-corrected chi connectivity index (χ4v) is 1.93. The Morgan fingerprint density at radius 3 is 2.33 bits per heavy atom. The molecule has 1 atom stereocenters. The van der Waals surface area contributed by atoms with E-state index in [4.69, 9.17) is 0 Å². The number of hydrogen-bond donors (Lipinski definition) is 2. The van der Waals surface area contributed by atoms with Crippen molar-refractivity contribution in [3.63, 3.8) is 0 Å². The molecule has 0 aliphatic carbocycles. The van der Waals surface area contributed by atoms with E-state index in [1.165, 1.54) is 25.2 Å². The lowest BCUT2D eigenvalue weighted by molar-refractivity contribution is 0.398. The average molecular weight is 245 g/mol. The van der Waals surface area contributed by atoms with Crippen LogP contribution in [0.25, 0.3) is 0 Å². The molecule has 0 bridgehead atoms. The number of hydrogen-bond acceptors (Lipinski definition) is 3. The van der Waals surface area contributed by atoms with Crippen LogP contribution in [0, 0.1) is 5.21 Å². The SMILES string of the molecule is C[N+]([O-])(Cc1ccccc1)c1ccc(O)cc1O. The highest BCUT2D eigenvalue weighted by Crippen LogP contribution is 2.34. The monoisotopic (exact) mass is 245 g/mol. The molecule has 4 heteroatoms. The van der Waals surface area contributed by atoms with Crippen LogP contribution in [0.2, 0.25) is 0 Å². The standard InChI is InChI=1S/C14H15NO3/c1-15(18,10-11-5-3-2-4-6-11)13-8-7-12(16)9-14(13)17/h2-9,16-17H,10H2,1H3. The molecule has 0 heterocycles. The van der Waals surface area contributed by atoms with Gasteiger partial charge in [-0.3, -0.25) is 0 Å². The second kappa shape index (κ2) is 4.68. The molecule has 0 saturated carbocycles. The molecule has 0 fully saturated rings. The van der Waals surface area contributed by atoms with Gasteiger partial charge in [-0.15, -0.1) is 0 Å². The van der Waals surface area contributed by atoms with Crippen molar-refractivity contribution in [2.75, 3.05) is 7.05 Å². The molecule has 0 aliphatic rings. The van der Waals surface area contributed by atoms with Crippen molar-refractivity contribution in [1.82, 2.24) is 4.65 Å². The average Bonchev–Trinajstić information content (AvgIpc) is 2.29. The van der Waals surface area contributed by atoms with Gasteiger partial charge in [-0.1, -0.05) is 30.3 Å². The normalized spacial score (nSPS) is 14.1. The van der Waals surface area contributed by atoms with Crippen molar-refractivity contribution in [2.24, 2.45) is 0 Å². The second-order valence-corrected chi connectivity index (χ2v) is 4.42. The minimum Gasteiger partial charge on any atom is -0.627 e. The van der Waals surface area contributed by atoms with Crippen molar-refractivity contribution >= 4 is 5.69 Å². The van der Waals surface area contributed by atoms with Crippen LogP contribution in [0.3, 0.4) is 0 Å². The molecule has 94 valence electrons. The van der Waals surface area contributed by atoms with Crippen LogP contribution in [0.5, 0.6) is 11.5 Å². The van der Waals surface area contributed by atoms with E-state index in [1.54, 1.807) is 0 Å². The number of hydroxylamine groups is 2. The fourth-order valence-electron chi connectivity index (χ4n) is 1.93. The molecular weight excluding hydrogens is 230 g/mol. The number of aromatic hydroxyl groups is 2. The van der Waals surface area contributed by atoms with Gasteiger partial charge in [0.25, 0.3) is 0 Å². The highest BCUT2D eigenvalue weighted by Gasteiger charge is 2.19. The Morgan fingerprint density at radius 1 is 1.06 bits per heavy atom. The lowest BCUT2D eigenvalue weighted by Crippen LogP contribution is -2.37. The van der Waals surface area contributed by atoms with Crippen LogP contribution >= 0.6 is 0 Å². The number of benzene rings is 2. The van der Waals surface area contributed by atoms with Crippen LogP contribution in [0.15, 0.2) is 48.5 Å². The fraction of sp³-hybridized carbons (Fsp3) is 0.143. The molecule has 0 radical (unpaired) electrons. The van der Waals surface area contributed by atoms with Gasteiger partial charge in [0.05, 0.1) is 7.05 Å². The minimum atomic E-state index is -0.726. The molecule has 1 unspecified atom stereocenters. The van der Waals surface area contributed by atoms with E-state index in [0.717, 1.165) is 5.56 Å². The molecular formula is C14H15NO3. The van der Waals surface area contributed by atoms with Crippen LogP contribution in [-0.4, -0.2) is 17.3 Å². The van der Waals surface area contributed by atoms with Gasteiger partial charge in [0.1, 0.15) is 12.3 Å². The second-order valence-electron chi connectivity index (χ2n) is 4.42. The Kier molecular flexibility index (Phi) is 3.23. The summed E-state index contributed by atoms with van der Waals surface area (Å²) in [6.45, 7) is 0.221. The molecule has 0 aliphatic heterocycles. The highest BCUT2D eigenvalue weighted by molar-refractivity contribution is 5.57. The summed E-state index contributed by atoms with van der Waals surface area (Å²) in [5.41, 5.74) is 1.12. The summed E-state index contributed by atoms with van der Waals surface area (Å²) in [5, 5.41) is 31.5. The molecule has 2 N–H and O–H groups in total. The van der Waals surface area contributed by atoms with Crippen LogP contribution in [0.4, 0.5) is 5.69 Å². The lowest BCUT2D eigenvalue weighted by Gasteiger charge is -2.38. The zero-order chi connectivity index (χ0) is 13.2. The Balaban J connectivity index is 2.30. The van der Waals surface area contributed by atoms with E-state index in [0.29, 0.717) is 0 Å². The molecule has 2 rings (SSSR count). The zero-order valence-corrected chi connectivity index (χ0v) is 10.1. The first kappa shape index (κ1) is 12.4. The van der Waals surface area contributed by atoms with Crippen molar-refractivity contribution in [3.8, 4) is 11.5 Å². The first-order valence-electron chi connectivity index (χ1n) is 5.62. The van der Waals surface area contributed by atoms with Crippen LogP contribution in [0.1, 0.15) is 5.56 Å². The third kappa shape index (κ3) is 2.61. The van der Waals surface area contributed by atoms with Crippen molar-refractivity contribution < 1.29 is 10.2 Å². The molecule has 18 heavy (non-hydrogen) atoms. The van der Waals surface area contributed by atoms with Gasteiger partial charge < -0.3 is 20.1 Å². The third-order valence-corrected chi connectivity index (χ3v) is 2.80. The maximum absolute atomic E-state index is 12.5. The van der Waals surface area contributed by atoms with Crippen LogP contribution in [-0.2, 0) is 6.54 Å². The number of nitrogens with zero attached hydrogens (tertiary/aromatic N) is 1. The van der Waals surface area contributed by atoms with Gasteiger partial charge in [0.2, 0.25) is 0 Å². The summed E-state index contributed by atoms with van der Waals surface area (Å²) in [6, 6.07) is 13.4. The van der Waals surface area contributed by atoms with Crippen molar-refractivity contribution in [2.45, 2.75) is 6.54 Å². The lowest BCUT2D eigenvalue weighted by atomic mass is 10.2. The van der Waals surface area contributed by atoms with E-state index in [2.05, 4.69) is 0 Å². The van der Waals surface area contributed by atoms with Crippen molar-refractivity contribution in [1.29, 1.82) is 0 Å². The number of rotatable bonds is 3. The molecule has 0 saturated heterocycles. The van der Waals surface area contributed by atoms with E-state index >= 15 is 0 Å². The molecule has 0 spiro atoms. The first-order chi connectivity index (χ1) is 8.49. The zero-order valence-electron chi connectivity index (χ0n) is 10.1. The number of quaternary nitrogens is 1. The molecule has 0 aromatic heterocycles. The highest BCUT2D eigenvalue weighted by atomic mass is 16.5. The molecule has 0 amide bonds.